The highest BCUT2D eigenvalue weighted by atomic mass is 35.5. The van der Waals surface area contributed by atoms with E-state index in [2.05, 4.69) is 16.0 Å². The van der Waals surface area contributed by atoms with Crippen LogP contribution in [0.2, 0.25) is 5.15 Å². The molecule has 1 aromatic heterocycles. The molecule has 0 radical (unpaired) electrons. The third-order valence-electron chi connectivity index (χ3n) is 4.98. The molecule has 5 heteroatoms. The van der Waals surface area contributed by atoms with E-state index in [-0.39, 0.29) is 5.54 Å². The maximum Gasteiger partial charge on any atom is 0.129 e. The Kier molecular flexibility index (Phi) is 3.22. The minimum absolute atomic E-state index is 0.0868. The molecule has 0 N–H and O–H groups in total. The van der Waals surface area contributed by atoms with E-state index in [0.717, 1.165) is 57.9 Å². The van der Waals surface area contributed by atoms with Gasteiger partial charge in [0.15, 0.2) is 0 Å². The van der Waals surface area contributed by atoms with Gasteiger partial charge >= 0.3 is 0 Å². The lowest BCUT2D eigenvalue weighted by Crippen LogP contribution is -2.50. The number of ether oxygens (including phenoxy) is 2. The minimum atomic E-state index is 0.0868. The maximum atomic E-state index is 6.08. The zero-order valence-corrected chi connectivity index (χ0v) is 12.2. The SMILES string of the molecule is Clc1ccc2c(n1)CN(C1CCOC1)C21CCOCC1. The summed E-state index contributed by atoms with van der Waals surface area (Å²) in [6.45, 7) is 4.25. The zero-order chi connectivity index (χ0) is 13.6. The number of halogens is 1. The van der Waals surface area contributed by atoms with Crippen LogP contribution < -0.4 is 0 Å². The minimum Gasteiger partial charge on any atom is -0.381 e. The van der Waals surface area contributed by atoms with Crippen LogP contribution in [0.4, 0.5) is 0 Å². The molecule has 0 bridgehead atoms. The van der Waals surface area contributed by atoms with Crippen molar-refractivity contribution in [3.8, 4) is 0 Å². The molecule has 1 aromatic rings. The Balaban J connectivity index is 1.76. The highest BCUT2D eigenvalue weighted by Crippen LogP contribution is 2.47. The molecule has 4 nitrogen and oxygen atoms in total. The average molecular weight is 295 g/mol. The summed E-state index contributed by atoms with van der Waals surface area (Å²) in [5.41, 5.74) is 2.59. The first-order chi connectivity index (χ1) is 9.79. The van der Waals surface area contributed by atoms with E-state index >= 15 is 0 Å². The molecule has 0 aromatic carbocycles. The summed E-state index contributed by atoms with van der Waals surface area (Å²) in [6.07, 6.45) is 3.20. The second kappa shape index (κ2) is 4.95. The Morgan fingerprint density at radius 3 is 2.80 bits per heavy atom. The maximum absolute atomic E-state index is 6.08. The number of nitrogens with zero attached hydrogens (tertiary/aromatic N) is 2. The first kappa shape index (κ1) is 13.0. The van der Waals surface area contributed by atoms with Crippen LogP contribution in [0, 0.1) is 0 Å². The third-order valence-corrected chi connectivity index (χ3v) is 5.19. The molecule has 1 spiro atoms. The van der Waals surface area contributed by atoms with Crippen LogP contribution in [0.25, 0.3) is 0 Å². The van der Waals surface area contributed by atoms with Gasteiger partial charge in [-0.25, -0.2) is 4.98 Å². The van der Waals surface area contributed by atoms with Crippen molar-refractivity contribution in [2.24, 2.45) is 0 Å². The molecule has 20 heavy (non-hydrogen) atoms. The first-order valence-electron chi connectivity index (χ1n) is 7.38. The molecule has 0 saturated carbocycles. The molecule has 4 heterocycles. The number of fused-ring (bicyclic) bond motifs is 2. The van der Waals surface area contributed by atoms with Crippen LogP contribution in [-0.4, -0.2) is 42.4 Å². The van der Waals surface area contributed by atoms with Crippen molar-refractivity contribution in [2.75, 3.05) is 26.4 Å². The second-order valence-corrected chi connectivity index (χ2v) is 6.30. The van der Waals surface area contributed by atoms with Crippen LogP contribution in [-0.2, 0) is 21.6 Å². The van der Waals surface area contributed by atoms with Crippen molar-refractivity contribution < 1.29 is 9.47 Å². The zero-order valence-electron chi connectivity index (χ0n) is 11.5. The standard InChI is InChI=1S/C15H19ClN2O2/c16-14-2-1-12-13(17-14)9-18(11-3-6-20-10-11)15(12)4-7-19-8-5-15/h1-2,11H,3-10H2. The average Bonchev–Trinajstić information content (AvgIpc) is 3.07. The molecule has 108 valence electrons. The highest BCUT2D eigenvalue weighted by Gasteiger charge is 2.49. The molecular formula is C15H19ClN2O2. The molecule has 2 fully saturated rings. The summed E-state index contributed by atoms with van der Waals surface area (Å²) >= 11 is 6.08. The van der Waals surface area contributed by atoms with Gasteiger partial charge in [-0.05, 0) is 30.9 Å². The molecule has 1 atom stereocenters. The van der Waals surface area contributed by atoms with Crippen LogP contribution in [0.15, 0.2) is 12.1 Å². The monoisotopic (exact) mass is 294 g/mol. The number of rotatable bonds is 1. The lowest BCUT2D eigenvalue weighted by molar-refractivity contribution is -0.0457. The van der Waals surface area contributed by atoms with Crippen molar-refractivity contribution >= 4 is 11.6 Å². The Hall–Kier alpha value is -0.680. The summed E-state index contributed by atoms with van der Waals surface area (Å²) in [5.74, 6) is 0. The fourth-order valence-electron chi connectivity index (χ4n) is 4.00. The van der Waals surface area contributed by atoms with Crippen molar-refractivity contribution in [3.05, 3.63) is 28.5 Å². The normalized spacial score (nSPS) is 28.9. The Morgan fingerprint density at radius 1 is 1.20 bits per heavy atom. The predicted molar refractivity (Wildman–Crippen MR) is 75.7 cm³/mol. The van der Waals surface area contributed by atoms with Gasteiger partial charge in [0.1, 0.15) is 5.15 Å². The number of hydrogen-bond donors (Lipinski definition) is 0. The first-order valence-corrected chi connectivity index (χ1v) is 7.75. The molecule has 3 aliphatic rings. The summed E-state index contributed by atoms with van der Waals surface area (Å²) in [7, 11) is 0. The number of aromatic nitrogens is 1. The summed E-state index contributed by atoms with van der Waals surface area (Å²) < 4.78 is 11.2. The largest absolute Gasteiger partial charge is 0.381 e. The van der Waals surface area contributed by atoms with Gasteiger partial charge in [-0.1, -0.05) is 17.7 Å². The van der Waals surface area contributed by atoms with E-state index in [9.17, 15) is 0 Å². The molecule has 2 saturated heterocycles. The second-order valence-electron chi connectivity index (χ2n) is 5.92. The Morgan fingerprint density at radius 2 is 2.05 bits per heavy atom. The van der Waals surface area contributed by atoms with Gasteiger partial charge in [0.2, 0.25) is 0 Å². The van der Waals surface area contributed by atoms with E-state index in [1.165, 1.54) is 5.56 Å². The van der Waals surface area contributed by atoms with Crippen molar-refractivity contribution in [1.29, 1.82) is 0 Å². The molecule has 0 aliphatic carbocycles. The van der Waals surface area contributed by atoms with E-state index in [1.807, 2.05) is 6.07 Å². The van der Waals surface area contributed by atoms with Crippen molar-refractivity contribution in [1.82, 2.24) is 9.88 Å². The fourth-order valence-corrected chi connectivity index (χ4v) is 4.16. The van der Waals surface area contributed by atoms with Gasteiger partial charge in [0.25, 0.3) is 0 Å². The summed E-state index contributed by atoms with van der Waals surface area (Å²) in [5, 5.41) is 0.593. The van der Waals surface area contributed by atoms with E-state index in [0.29, 0.717) is 11.2 Å². The van der Waals surface area contributed by atoms with Gasteiger partial charge in [0, 0.05) is 32.4 Å². The smallest absolute Gasteiger partial charge is 0.129 e. The lowest BCUT2D eigenvalue weighted by atomic mass is 9.82. The molecule has 4 rings (SSSR count). The predicted octanol–water partition coefficient (Wildman–Crippen LogP) is 2.35. The third kappa shape index (κ3) is 1.90. The van der Waals surface area contributed by atoms with Gasteiger partial charge < -0.3 is 9.47 Å². The molecule has 0 amide bonds. The lowest BCUT2D eigenvalue weighted by Gasteiger charge is -2.44. The van der Waals surface area contributed by atoms with E-state index in [4.69, 9.17) is 21.1 Å². The Labute approximate surface area is 124 Å². The fraction of sp³-hybridized carbons (Fsp3) is 0.667. The van der Waals surface area contributed by atoms with Crippen LogP contribution in [0.3, 0.4) is 0 Å². The quantitative estimate of drug-likeness (QED) is 0.745. The molecule has 3 aliphatic heterocycles. The highest BCUT2D eigenvalue weighted by molar-refractivity contribution is 6.29. The van der Waals surface area contributed by atoms with Crippen LogP contribution >= 0.6 is 11.6 Å². The van der Waals surface area contributed by atoms with Gasteiger partial charge in [0.05, 0.1) is 17.8 Å². The van der Waals surface area contributed by atoms with Gasteiger partial charge in [-0.15, -0.1) is 0 Å². The van der Waals surface area contributed by atoms with Crippen molar-refractivity contribution in [3.63, 3.8) is 0 Å². The summed E-state index contributed by atoms with van der Waals surface area (Å²) in [6, 6.07) is 4.60. The van der Waals surface area contributed by atoms with Crippen LogP contribution in [0.5, 0.6) is 0 Å². The van der Waals surface area contributed by atoms with E-state index in [1.54, 1.807) is 0 Å². The van der Waals surface area contributed by atoms with Gasteiger partial charge in [-0.3, -0.25) is 4.90 Å². The molecule has 1 unspecified atom stereocenters. The van der Waals surface area contributed by atoms with Crippen LogP contribution in [0.1, 0.15) is 30.5 Å². The number of hydrogen-bond acceptors (Lipinski definition) is 4. The topological polar surface area (TPSA) is 34.6 Å². The summed E-state index contributed by atoms with van der Waals surface area (Å²) in [4.78, 5) is 7.17. The van der Waals surface area contributed by atoms with Gasteiger partial charge in [-0.2, -0.15) is 0 Å². The van der Waals surface area contributed by atoms with Crippen molar-refractivity contribution in [2.45, 2.75) is 37.4 Å². The number of pyridine rings is 1. The molecular weight excluding hydrogens is 276 g/mol. The van der Waals surface area contributed by atoms with E-state index < -0.39 is 0 Å². The Bertz CT molecular complexity index is 511.